The molecule has 3 N–H and O–H groups in total. The number of alkyl halides is 3. The van der Waals surface area contributed by atoms with Gasteiger partial charge in [0.2, 0.25) is 0 Å². The first-order valence-corrected chi connectivity index (χ1v) is 4.70. The highest BCUT2D eigenvalue weighted by atomic mass is 19.4. The lowest BCUT2D eigenvalue weighted by Gasteiger charge is -2.14. The molecule has 1 aromatic heterocycles. The molecule has 0 bridgehead atoms. The zero-order chi connectivity index (χ0) is 13.1. The monoisotopic (exact) mass is 252 g/mol. The van der Waals surface area contributed by atoms with E-state index in [2.05, 4.69) is 20.0 Å². The van der Waals surface area contributed by atoms with Gasteiger partial charge in [-0.1, -0.05) is 5.16 Å². The normalized spacial score (nSPS) is 13.6. The Morgan fingerprint density at radius 2 is 2.24 bits per heavy atom. The second kappa shape index (κ2) is 5.13. The second-order valence-corrected chi connectivity index (χ2v) is 3.48. The summed E-state index contributed by atoms with van der Waals surface area (Å²) < 4.78 is 40.4. The molecule has 0 aromatic carbocycles. The van der Waals surface area contributed by atoms with Crippen molar-refractivity contribution in [2.45, 2.75) is 32.1 Å². The topological polar surface area (TPSA) is 94.0 Å². The molecule has 0 saturated heterocycles. The van der Waals surface area contributed by atoms with Gasteiger partial charge in [0.1, 0.15) is 0 Å². The first-order chi connectivity index (χ1) is 7.78. The number of aromatic nitrogens is 2. The summed E-state index contributed by atoms with van der Waals surface area (Å²) in [6, 6.07) is -0.787. The first-order valence-electron chi connectivity index (χ1n) is 4.70. The molecule has 0 aliphatic heterocycles. The maximum Gasteiger partial charge on any atom is 0.390 e. The van der Waals surface area contributed by atoms with Crippen LogP contribution in [-0.4, -0.2) is 28.3 Å². The van der Waals surface area contributed by atoms with E-state index in [-0.39, 0.29) is 18.3 Å². The van der Waals surface area contributed by atoms with Crippen LogP contribution < -0.4 is 11.1 Å². The van der Waals surface area contributed by atoms with Crippen molar-refractivity contribution in [3.8, 4) is 0 Å². The van der Waals surface area contributed by atoms with Crippen molar-refractivity contribution in [1.29, 1.82) is 0 Å². The van der Waals surface area contributed by atoms with Crippen molar-refractivity contribution in [3.05, 3.63) is 11.7 Å². The van der Waals surface area contributed by atoms with Crippen molar-refractivity contribution in [1.82, 2.24) is 15.5 Å². The summed E-state index contributed by atoms with van der Waals surface area (Å²) >= 11 is 0. The molecule has 1 unspecified atom stereocenters. The molecule has 0 fully saturated rings. The van der Waals surface area contributed by atoms with Crippen LogP contribution in [0, 0.1) is 0 Å². The highest BCUT2D eigenvalue weighted by Crippen LogP contribution is 2.21. The largest absolute Gasteiger partial charge is 0.390 e. The number of carbonyl (C=O) groups is 1. The van der Waals surface area contributed by atoms with Gasteiger partial charge in [0.05, 0.1) is 13.0 Å². The molecule has 1 heterocycles. The van der Waals surface area contributed by atoms with E-state index < -0.39 is 24.5 Å². The van der Waals surface area contributed by atoms with E-state index in [4.69, 9.17) is 5.73 Å². The average molecular weight is 252 g/mol. The molecule has 0 radical (unpaired) electrons. The third-order valence-electron chi connectivity index (χ3n) is 1.83. The van der Waals surface area contributed by atoms with Gasteiger partial charge in [-0.15, -0.1) is 0 Å². The Kier molecular flexibility index (Phi) is 4.05. The van der Waals surface area contributed by atoms with E-state index >= 15 is 0 Å². The molecule has 1 rings (SSSR count). The van der Waals surface area contributed by atoms with E-state index in [0.29, 0.717) is 0 Å². The molecule has 0 saturated carbocycles. The third kappa shape index (κ3) is 4.81. The number of amides is 1. The molecule has 1 atom stereocenters. The summed E-state index contributed by atoms with van der Waals surface area (Å²) in [5, 5.41) is 5.93. The zero-order valence-electron chi connectivity index (χ0n) is 8.91. The Morgan fingerprint density at radius 1 is 1.59 bits per heavy atom. The number of primary amides is 1. The van der Waals surface area contributed by atoms with E-state index in [0.717, 1.165) is 0 Å². The Bertz CT molecular complexity index is 390. The fraction of sp³-hybridized carbons (Fsp3) is 0.625. The van der Waals surface area contributed by atoms with Crippen molar-refractivity contribution < 1.29 is 22.5 Å². The van der Waals surface area contributed by atoms with Crippen molar-refractivity contribution in [3.63, 3.8) is 0 Å². The average Bonchev–Trinajstić information content (AvgIpc) is 2.60. The predicted octanol–water partition coefficient (Wildman–Crippen LogP) is 0.599. The molecule has 9 heteroatoms. The lowest BCUT2D eigenvalue weighted by Crippen LogP contribution is -2.31. The van der Waals surface area contributed by atoms with E-state index in [1.54, 1.807) is 0 Å². The van der Waals surface area contributed by atoms with Gasteiger partial charge in [-0.2, -0.15) is 18.2 Å². The SMILES string of the molecule is CC(CC(F)(F)F)NCc1noc(C(N)=O)n1. The molecule has 0 aliphatic carbocycles. The van der Waals surface area contributed by atoms with Crippen molar-refractivity contribution in [2.75, 3.05) is 0 Å². The quantitative estimate of drug-likeness (QED) is 0.800. The summed E-state index contributed by atoms with van der Waals surface area (Å²) in [6.45, 7) is 1.34. The zero-order valence-corrected chi connectivity index (χ0v) is 8.91. The third-order valence-corrected chi connectivity index (χ3v) is 1.83. The van der Waals surface area contributed by atoms with Crippen molar-refractivity contribution >= 4 is 5.91 Å². The van der Waals surface area contributed by atoms with Gasteiger partial charge in [-0.05, 0) is 6.92 Å². The van der Waals surface area contributed by atoms with Gasteiger partial charge >= 0.3 is 18.0 Å². The minimum Gasteiger partial charge on any atom is -0.361 e. The smallest absolute Gasteiger partial charge is 0.361 e. The molecule has 6 nitrogen and oxygen atoms in total. The van der Waals surface area contributed by atoms with Gasteiger partial charge in [0.25, 0.3) is 0 Å². The van der Waals surface area contributed by atoms with Crippen LogP contribution in [0.25, 0.3) is 0 Å². The first kappa shape index (κ1) is 13.4. The van der Waals surface area contributed by atoms with Gasteiger partial charge in [-0.3, -0.25) is 4.79 Å². The van der Waals surface area contributed by atoms with Gasteiger partial charge in [0, 0.05) is 6.04 Å². The van der Waals surface area contributed by atoms with Crippen LogP contribution >= 0.6 is 0 Å². The minimum atomic E-state index is -4.23. The molecule has 0 aliphatic rings. The highest BCUT2D eigenvalue weighted by molar-refractivity contribution is 5.87. The highest BCUT2D eigenvalue weighted by Gasteiger charge is 2.29. The fourth-order valence-corrected chi connectivity index (χ4v) is 1.11. The molecule has 1 aromatic rings. The summed E-state index contributed by atoms with van der Waals surface area (Å²) in [5.74, 6) is -1.18. The summed E-state index contributed by atoms with van der Waals surface area (Å²) in [5.41, 5.74) is 4.86. The van der Waals surface area contributed by atoms with Crippen LogP contribution in [-0.2, 0) is 6.54 Å². The summed E-state index contributed by atoms with van der Waals surface area (Å²) in [7, 11) is 0. The molecule has 0 spiro atoms. The Hall–Kier alpha value is -1.64. The van der Waals surface area contributed by atoms with Crippen LogP contribution in [0.3, 0.4) is 0 Å². The molecular formula is C8H11F3N4O2. The molecular weight excluding hydrogens is 241 g/mol. The van der Waals surface area contributed by atoms with E-state index in [1.807, 2.05) is 0 Å². The van der Waals surface area contributed by atoms with Crippen LogP contribution in [0.15, 0.2) is 4.52 Å². The summed E-state index contributed by atoms with van der Waals surface area (Å²) in [4.78, 5) is 14.2. The molecule has 96 valence electrons. The summed E-state index contributed by atoms with van der Waals surface area (Å²) in [6.07, 6.45) is -5.20. The van der Waals surface area contributed by atoms with Crippen LogP contribution in [0.4, 0.5) is 13.2 Å². The number of nitrogens with one attached hydrogen (secondary N) is 1. The number of hydrogen-bond donors (Lipinski definition) is 2. The van der Waals surface area contributed by atoms with Gasteiger partial charge < -0.3 is 15.6 Å². The van der Waals surface area contributed by atoms with E-state index in [1.165, 1.54) is 6.92 Å². The Morgan fingerprint density at radius 3 is 2.71 bits per heavy atom. The number of hydrogen-bond acceptors (Lipinski definition) is 5. The number of nitrogens with zero attached hydrogens (tertiary/aromatic N) is 2. The van der Waals surface area contributed by atoms with Crippen LogP contribution in [0.2, 0.25) is 0 Å². The number of carbonyl (C=O) groups excluding carboxylic acids is 1. The minimum absolute atomic E-state index is 0.0337. The number of nitrogens with two attached hydrogens (primary N) is 1. The second-order valence-electron chi connectivity index (χ2n) is 3.48. The van der Waals surface area contributed by atoms with Gasteiger partial charge in [0.15, 0.2) is 5.82 Å². The Labute approximate surface area is 94.4 Å². The lowest BCUT2D eigenvalue weighted by molar-refractivity contribution is -0.139. The maximum absolute atomic E-state index is 12.0. The van der Waals surface area contributed by atoms with E-state index in [9.17, 15) is 18.0 Å². The van der Waals surface area contributed by atoms with Crippen LogP contribution in [0.1, 0.15) is 29.9 Å². The molecule has 17 heavy (non-hydrogen) atoms. The van der Waals surface area contributed by atoms with Gasteiger partial charge in [-0.25, -0.2) is 0 Å². The predicted molar refractivity (Wildman–Crippen MR) is 49.8 cm³/mol. The standard InChI is InChI=1S/C8H11F3N4O2/c1-4(2-8(9,10)11)13-3-5-14-7(6(12)16)17-15-5/h4,13H,2-3H2,1H3,(H2,12,16). The van der Waals surface area contributed by atoms with Crippen molar-refractivity contribution in [2.24, 2.45) is 5.73 Å². The Balaban J connectivity index is 2.42. The number of halogens is 3. The number of rotatable bonds is 5. The lowest BCUT2D eigenvalue weighted by atomic mass is 10.2. The molecule has 1 amide bonds. The maximum atomic E-state index is 12.0. The van der Waals surface area contributed by atoms with Crippen LogP contribution in [0.5, 0.6) is 0 Å². The fourth-order valence-electron chi connectivity index (χ4n) is 1.11.